The molecule has 0 bridgehead atoms. The Bertz CT molecular complexity index is 2250. The van der Waals surface area contributed by atoms with E-state index in [0.717, 1.165) is 72.0 Å². The van der Waals surface area contributed by atoms with Crippen LogP contribution in [0.3, 0.4) is 0 Å². The lowest BCUT2D eigenvalue weighted by molar-refractivity contribution is 0.477. The highest BCUT2D eigenvalue weighted by molar-refractivity contribution is 6.15. The van der Waals surface area contributed by atoms with Gasteiger partial charge in [-0.2, -0.15) is 0 Å². The number of benzene rings is 7. The number of anilines is 3. The van der Waals surface area contributed by atoms with Gasteiger partial charge in [-0.15, -0.1) is 0 Å². The van der Waals surface area contributed by atoms with E-state index in [-0.39, 0.29) is 5.75 Å². The molecule has 0 atom stereocenters. The fraction of sp³-hybridized carbons (Fsp3) is 0. The van der Waals surface area contributed by atoms with Crippen LogP contribution < -0.4 is 4.90 Å². The largest absolute Gasteiger partial charge is 0.507 e. The van der Waals surface area contributed by atoms with Crippen molar-refractivity contribution in [3.8, 4) is 28.0 Å². The van der Waals surface area contributed by atoms with E-state index in [1.165, 1.54) is 0 Å². The first-order valence-corrected chi connectivity index (χ1v) is 14.4. The number of hydrogen-bond acceptors (Lipinski definition) is 3. The number of phenols is 1. The third kappa shape index (κ3) is 4.13. The molecule has 0 aliphatic heterocycles. The summed E-state index contributed by atoms with van der Waals surface area (Å²) < 4.78 is 6.84. The molecule has 8 aromatic rings. The predicted octanol–water partition coefficient (Wildman–Crippen LogP) is 11.2. The summed E-state index contributed by atoms with van der Waals surface area (Å²) in [5.74, 6) is 0.265. The van der Waals surface area contributed by atoms with Gasteiger partial charge >= 0.3 is 0 Å². The van der Waals surface area contributed by atoms with Gasteiger partial charge in [0.1, 0.15) is 11.3 Å². The topological polar surface area (TPSA) is 36.6 Å². The lowest BCUT2D eigenvalue weighted by atomic mass is 9.95. The van der Waals surface area contributed by atoms with Crippen molar-refractivity contribution in [3.05, 3.63) is 158 Å². The van der Waals surface area contributed by atoms with E-state index in [1.807, 2.05) is 36.4 Å². The van der Waals surface area contributed by atoms with Crippen LogP contribution in [0.25, 0.3) is 55.0 Å². The molecule has 0 amide bonds. The number of nitrogens with zero attached hydrogens (tertiary/aromatic N) is 1. The van der Waals surface area contributed by atoms with Crippen LogP contribution >= 0.6 is 0 Å². The summed E-state index contributed by atoms with van der Waals surface area (Å²) in [6, 6.07) is 53.7. The summed E-state index contributed by atoms with van der Waals surface area (Å²) in [5, 5.41) is 15.0. The van der Waals surface area contributed by atoms with Gasteiger partial charge in [0.15, 0.2) is 5.58 Å². The number of rotatable bonds is 5. The van der Waals surface area contributed by atoms with E-state index in [2.05, 4.69) is 120 Å². The molecule has 0 fully saturated rings. The molecule has 0 unspecified atom stereocenters. The zero-order valence-corrected chi connectivity index (χ0v) is 23.3. The Morgan fingerprint density at radius 1 is 0.395 bits per heavy atom. The Hall–Kier alpha value is -5.80. The van der Waals surface area contributed by atoms with Crippen molar-refractivity contribution in [3.63, 3.8) is 0 Å². The van der Waals surface area contributed by atoms with Gasteiger partial charge in [0.25, 0.3) is 0 Å². The van der Waals surface area contributed by atoms with Gasteiger partial charge in [0.05, 0.1) is 11.4 Å². The van der Waals surface area contributed by atoms with Gasteiger partial charge in [-0.3, -0.25) is 0 Å². The summed E-state index contributed by atoms with van der Waals surface area (Å²) in [6.07, 6.45) is 0. The molecular formula is C40H27NO2. The highest BCUT2D eigenvalue weighted by Crippen LogP contribution is 2.47. The smallest absolute Gasteiger partial charge is 0.159 e. The van der Waals surface area contributed by atoms with Gasteiger partial charge < -0.3 is 14.4 Å². The van der Waals surface area contributed by atoms with Crippen molar-refractivity contribution in [1.82, 2.24) is 0 Å². The predicted molar refractivity (Wildman–Crippen MR) is 178 cm³/mol. The van der Waals surface area contributed by atoms with Crippen LogP contribution in [0, 0.1) is 0 Å². The van der Waals surface area contributed by atoms with Crippen LogP contribution in [0.2, 0.25) is 0 Å². The van der Waals surface area contributed by atoms with Gasteiger partial charge in [0, 0.05) is 33.0 Å². The normalized spacial score (nSPS) is 11.3. The molecule has 7 aromatic carbocycles. The molecule has 0 spiro atoms. The van der Waals surface area contributed by atoms with Crippen molar-refractivity contribution < 1.29 is 9.52 Å². The van der Waals surface area contributed by atoms with E-state index < -0.39 is 0 Å². The van der Waals surface area contributed by atoms with Crippen LogP contribution in [0.1, 0.15) is 0 Å². The average Bonchev–Trinajstić information content (AvgIpc) is 3.46. The molecular weight excluding hydrogens is 526 g/mol. The Labute approximate surface area is 249 Å². The molecule has 0 saturated heterocycles. The van der Waals surface area contributed by atoms with Gasteiger partial charge in [0.2, 0.25) is 0 Å². The second-order valence-electron chi connectivity index (χ2n) is 10.7. The summed E-state index contributed by atoms with van der Waals surface area (Å²) in [4.78, 5) is 2.28. The minimum Gasteiger partial charge on any atom is -0.507 e. The molecule has 1 aromatic heterocycles. The van der Waals surface area contributed by atoms with Crippen molar-refractivity contribution in [2.24, 2.45) is 0 Å². The molecule has 204 valence electrons. The minimum atomic E-state index is 0.265. The molecule has 1 N–H and O–H groups in total. The Balaban J connectivity index is 1.41. The number of hydrogen-bond donors (Lipinski definition) is 1. The fourth-order valence-corrected chi connectivity index (χ4v) is 6.23. The zero-order chi connectivity index (χ0) is 28.8. The molecule has 8 rings (SSSR count). The lowest BCUT2D eigenvalue weighted by Crippen LogP contribution is -2.10. The van der Waals surface area contributed by atoms with Crippen LogP contribution in [0.4, 0.5) is 17.1 Å². The van der Waals surface area contributed by atoms with E-state index in [0.29, 0.717) is 0 Å². The maximum atomic E-state index is 10.7. The van der Waals surface area contributed by atoms with Gasteiger partial charge in [-0.25, -0.2) is 0 Å². The summed E-state index contributed by atoms with van der Waals surface area (Å²) in [7, 11) is 0. The third-order valence-corrected chi connectivity index (χ3v) is 8.18. The molecule has 3 nitrogen and oxygen atoms in total. The maximum Gasteiger partial charge on any atom is 0.159 e. The van der Waals surface area contributed by atoms with Crippen LogP contribution in [-0.4, -0.2) is 5.11 Å². The number of para-hydroxylation sites is 4. The summed E-state index contributed by atoms with van der Waals surface area (Å²) >= 11 is 0. The molecule has 0 aliphatic carbocycles. The Morgan fingerprint density at radius 2 is 1.00 bits per heavy atom. The third-order valence-electron chi connectivity index (χ3n) is 8.18. The molecule has 0 aliphatic rings. The highest BCUT2D eigenvalue weighted by atomic mass is 16.3. The van der Waals surface area contributed by atoms with Crippen molar-refractivity contribution >= 4 is 49.8 Å². The standard InChI is InChI=1S/C40H27NO2/c42-38-24-10-9-19-33(38)31-25-26-36(32-18-8-7-17-30(31)32)41(28-15-5-2-6-16-28)37-23-12-22-35-34-21-11-20-29(39(34)43-40(35)37)27-13-3-1-4-14-27/h1-26,42H. The van der Waals surface area contributed by atoms with Crippen molar-refractivity contribution in [2.75, 3.05) is 4.90 Å². The van der Waals surface area contributed by atoms with Crippen LogP contribution in [0.5, 0.6) is 5.75 Å². The van der Waals surface area contributed by atoms with Crippen LogP contribution in [-0.2, 0) is 0 Å². The summed E-state index contributed by atoms with van der Waals surface area (Å²) in [5.41, 5.74) is 8.71. The Kier molecular flexibility index (Phi) is 5.94. The van der Waals surface area contributed by atoms with Crippen molar-refractivity contribution in [1.29, 1.82) is 0 Å². The second-order valence-corrected chi connectivity index (χ2v) is 10.7. The second kappa shape index (κ2) is 10.2. The first kappa shape index (κ1) is 25.0. The van der Waals surface area contributed by atoms with Crippen molar-refractivity contribution in [2.45, 2.75) is 0 Å². The Morgan fingerprint density at radius 3 is 1.79 bits per heavy atom. The molecule has 3 heteroatoms. The average molecular weight is 554 g/mol. The van der Waals surface area contributed by atoms with Crippen LogP contribution in [0.15, 0.2) is 162 Å². The highest BCUT2D eigenvalue weighted by Gasteiger charge is 2.22. The number of furan rings is 1. The van der Waals surface area contributed by atoms with E-state index in [9.17, 15) is 5.11 Å². The molecule has 0 radical (unpaired) electrons. The SMILES string of the molecule is Oc1ccccc1-c1ccc(N(c2ccccc2)c2cccc3c2oc2c(-c4ccccc4)cccc23)c2ccccc12. The quantitative estimate of drug-likeness (QED) is 0.230. The minimum absolute atomic E-state index is 0.265. The van der Waals surface area contributed by atoms with Gasteiger partial charge in [-0.1, -0.05) is 127 Å². The number of aromatic hydroxyl groups is 1. The fourth-order valence-electron chi connectivity index (χ4n) is 6.23. The molecule has 1 heterocycles. The van der Waals surface area contributed by atoms with E-state index in [1.54, 1.807) is 6.07 Å². The van der Waals surface area contributed by atoms with E-state index >= 15 is 0 Å². The summed E-state index contributed by atoms with van der Waals surface area (Å²) in [6.45, 7) is 0. The van der Waals surface area contributed by atoms with E-state index in [4.69, 9.17) is 4.42 Å². The lowest BCUT2D eigenvalue weighted by Gasteiger charge is -2.27. The molecule has 0 saturated carbocycles. The number of fused-ring (bicyclic) bond motifs is 4. The monoisotopic (exact) mass is 553 g/mol. The maximum absolute atomic E-state index is 10.7. The number of phenolic OH excluding ortho intramolecular Hbond substituents is 1. The first-order chi connectivity index (χ1) is 21.3. The first-order valence-electron chi connectivity index (χ1n) is 14.4. The molecule has 43 heavy (non-hydrogen) atoms. The zero-order valence-electron chi connectivity index (χ0n) is 23.3. The van der Waals surface area contributed by atoms with Gasteiger partial charge in [-0.05, 0) is 46.8 Å².